The van der Waals surface area contributed by atoms with Gasteiger partial charge in [0.05, 0.1) is 19.0 Å². The highest BCUT2D eigenvalue weighted by Gasteiger charge is 2.28. The van der Waals surface area contributed by atoms with Crippen molar-refractivity contribution in [1.29, 1.82) is 0 Å². The quantitative estimate of drug-likeness (QED) is 0.594. The summed E-state index contributed by atoms with van der Waals surface area (Å²) in [6.07, 6.45) is 3.33. The summed E-state index contributed by atoms with van der Waals surface area (Å²) in [5.74, 6) is 0. The van der Waals surface area contributed by atoms with Crippen LogP contribution in [0.15, 0.2) is 0 Å². The Morgan fingerprint density at radius 2 is 2.15 bits per heavy atom. The van der Waals surface area contributed by atoms with Gasteiger partial charge in [-0.1, -0.05) is 13.3 Å². The minimum Gasteiger partial charge on any atom is -0.372 e. The van der Waals surface area contributed by atoms with Crippen LogP contribution in [0.1, 0.15) is 19.8 Å². The average molecular weight is 207 g/mol. The zero-order chi connectivity index (χ0) is 9.90. The molecule has 0 saturated carbocycles. The molecule has 0 spiro atoms. The predicted octanol–water partition coefficient (Wildman–Crippen LogP) is 0.447. The number of sulfonamides is 1. The van der Waals surface area contributed by atoms with E-state index in [2.05, 4.69) is 0 Å². The molecule has 1 fully saturated rings. The molecule has 0 aromatic heterocycles. The number of hydrogen-bond donors (Lipinski definition) is 0. The molecule has 5 heteroatoms. The molecule has 1 rings (SSSR count). The predicted molar refractivity (Wildman–Crippen MR) is 51.1 cm³/mol. The first-order chi connectivity index (χ1) is 6.04. The third-order valence-corrected chi connectivity index (χ3v) is 3.31. The Balaban J connectivity index is 2.42. The molecular weight excluding hydrogens is 190 g/mol. The van der Waals surface area contributed by atoms with Gasteiger partial charge in [-0.25, -0.2) is 8.42 Å². The van der Waals surface area contributed by atoms with Gasteiger partial charge in [0, 0.05) is 13.1 Å². The minimum atomic E-state index is -3.04. The van der Waals surface area contributed by atoms with Gasteiger partial charge in [0.2, 0.25) is 10.0 Å². The van der Waals surface area contributed by atoms with E-state index < -0.39 is 10.0 Å². The standard InChI is InChI=1S/C8H17NO3S/c1-3-4-5-9(13(2,10)11)6-8-7-12-8/h8H,3-7H2,1-2H3. The van der Waals surface area contributed by atoms with Crippen LogP contribution < -0.4 is 0 Å². The molecule has 1 atom stereocenters. The van der Waals surface area contributed by atoms with Crippen molar-refractivity contribution in [2.75, 3.05) is 26.0 Å². The van der Waals surface area contributed by atoms with Crippen LogP contribution in [0.3, 0.4) is 0 Å². The minimum absolute atomic E-state index is 0.145. The number of ether oxygens (including phenoxy) is 1. The van der Waals surface area contributed by atoms with Crippen LogP contribution in [-0.4, -0.2) is 44.8 Å². The van der Waals surface area contributed by atoms with E-state index in [1.165, 1.54) is 10.6 Å². The summed E-state index contributed by atoms with van der Waals surface area (Å²) in [6, 6.07) is 0. The van der Waals surface area contributed by atoms with Gasteiger partial charge in [0.1, 0.15) is 0 Å². The van der Waals surface area contributed by atoms with Crippen molar-refractivity contribution in [3.8, 4) is 0 Å². The van der Waals surface area contributed by atoms with Crippen molar-refractivity contribution < 1.29 is 13.2 Å². The average Bonchev–Trinajstić information content (AvgIpc) is 2.78. The number of nitrogens with zero attached hydrogens (tertiary/aromatic N) is 1. The fraction of sp³-hybridized carbons (Fsp3) is 1.00. The Labute approximate surface area is 79.9 Å². The van der Waals surface area contributed by atoms with E-state index in [1.807, 2.05) is 6.92 Å². The lowest BCUT2D eigenvalue weighted by molar-refractivity contribution is 0.333. The lowest BCUT2D eigenvalue weighted by Crippen LogP contribution is -2.34. The van der Waals surface area contributed by atoms with Crippen molar-refractivity contribution in [3.63, 3.8) is 0 Å². The molecule has 0 aromatic carbocycles. The lowest BCUT2D eigenvalue weighted by Gasteiger charge is -2.18. The van der Waals surface area contributed by atoms with Gasteiger partial charge >= 0.3 is 0 Å². The first-order valence-electron chi connectivity index (χ1n) is 4.60. The Bertz CT molecular complexity index is 246. The van der Waals surface area contributed by atoms with Crippen molar-refractivity contribution in [1.82, 2.24) is 4.31 Å². The van der Waals surface area contributed by atoms with Gasteiger partial charge in [-0.15, -0.1) is 0 Å². The van der Waals surface area contributed by atoms with Gasteiger partial charge in [-0.3, -0.25) is 0 Å². The lowest BCUT2D eigenvalue weighted by atomic mass is 10.3. The SMILES string of the molecule is CCCCN(CC1CO1)S(C)(=O)=O. The third-order valence-electron chi connectivity index (χ3n) is 2.04. The normalized spacial score (nSPS) is 22.2. The van der Waals surface area contributed by atoms with Crippen LogP contribution in [-0.2, 0) is 14.8 Å². The number of unbranched alkanes of at least 4 members (excludes halogenated alkanes) is 1. The van der Waals surface area contributed by atoms with Crippen LogP contribution in [0.25, 0.3) is 0 Å². The Morgan fingerprint density at radius 1 is 1.54 bits per heavy atom. The second-order valence-electron chi connectivity index (χ2n) is 3.43. The highest BCUT2D eigenvalue weighted by atomic mass is 32.2. The molecule has 0 N–H and O–H groups in total. The van der Waals surface area contributed by atoms with E-state index in [0.29, 0.717) is 19.7 Å². The number of epoxide rings is 1. The summed E-state index contributed by atoms with van der Waals surface area (Å²) in [5, 5.41) is 0. The van der Waals surface area contributed by atoms with Gasteiger partial charge in [-0.2, -0.15) is 4.31 Å². The van der Waals surface area contributed by atoms with Crippen LogP contribution in [0.2, 0.25) is 0 Å². The summed E-state index contributed by atoms with van der Waals surface area (Å²) >= 11 is 0. The molecule has 13 heavy (non-hydrogen) atoms. The zero-order valence-electron chi connectivity index (χ0n) is 8.19. The van der Waals surface area contributed by atoms with E-state index in [1.54, 1.807) is 0 Å². The first-order valence-corrected chi connectivity index (χ1v) is 6.45. The molecule has 0 radical (unpaired) electrons. The molecule has 0 bridgehead atoms. The van der Waals surface area contributed by atoms with Crippen molar-refractivity contribution in [3.05, 3.63) is 0 Å². The first kappa shape index (κ1) is 10.9. The van der Waals surface area contributed by atoms with Gasteiger partial charge < -0.3 is 4.74 Å². The Hall–Kier alpha value is -0.130. The number of hydrogen-bond acceptors (Lipinski definition) is 3. The third kappa shape index (κ3) is 4.06. The molecule has 78 valence electrons. The number of rotatable bonds is 6. The molecular formula is C8H17NO3S. The van der Waals surface area contributed by atoms with E-state index in [-0.39, 0.29) is 6.10 Å². The monoisotopic (exact) mass is 207 g/mol. The maximum absolute atomic E-state index is 11.3. The summed E-state index contributed by atoms with van der Waals surface area (Å²) in [7, 11) is -3.04. The van der Waals surface area contributed by atoms with E-state index in [9.17, 15) is 8.42 Å². The van der Waals surface area contributed by atoms with Gasteiger partial charge in [0.15, 0.2) is 0 Å². The molecule has 1 saturated heterocycles. The van der Waals surface area contributed by atoms with E-state index in [0.717, 1.165) is 12.8 Å². The van der Waals surface area contributed by atoms with Gasteiger partial charge in [0.25, 0.3) is 0 Å². The maximum atomic E-state index is 11.3. The summed E-state index contributed by atoms with van der Waals surface area (Å²) in [4.78, 5) is 0. The summed E-state index contributed by atoms with van der Waals surface area (Å²) in [5.41, 5.74) is 0. The summed E-state index contributed by atoms with van der Waals surface area (Å²) < 4.78 is 29.1. The zero-order valence-corrected chi connectivity index (χ0v) is 9.01. The molecule has 1 aliphatic heterocycles. The van der Waals surface area contributed by atoms with Crippen LogP contribution in [0.4, 0.5) is 0 Å². The fourth-order valence-electron chi connectivity index (χ4n) is 1.13. The molecule has 0 aliphatic carbocycles. The highest BCUT2D eigenvalue weighted by Crippen LogP contribution is 2.13. The smallest absolute Gasteiger partial charge is 0.211 e. The topological polar surface area (TPSA) is 49.9 Å². The van der Waals surface area contributed by atoms with Crippen LogP contribution >= 0.6 is 0 Å². The second-order valence-corrected chi connectivity index (χ2v) is 5.41. The van der Waals surface area contributed by atoms with E-state index >= 15 is 0 Å². The molecule has 4 nitrogen and oxygen atoms in total. The molecule has 1 aliphatic rings. The van der Waals surface area contributed by atoms with E-state index in [4.69, 9.17) is 4.74 Å². The second kappa shape index (κ2) is 4.39. The highest BCUT2D eigenvalue weighted by molar-refractivity contribution is 7.88. The molecule has 1 unspecified atom stereocenters. The Morgan fingerprint density at radius 3 is 2.54 bits per heavy atom. The maximum Gasteiger partial charge on any atom is 0.211 e. The van der Waals surface area contributed by atoms with Crippen LogP contribution in [0, 0.1) is 0 Å². The molecule has 0 aromatic rings. The largest absolute Gasteiger partial charge is 0.372 e. The van der Waals surface area contributed by atoms with Crippen molar-refractivity contribution in [2.45, 2.75) is 25.9 Å². The van der Waals surface area contributed by atoms with Crippen molar-refractivity contribution in [2.24, 2.45) is 0 Å². The van der Waals surface area contributed by atoms with Crippen molar-refractivity contribution >= 4 is 10.0 Å². The fourth-order valence-corrected chi connectivity index (χ4v) is 2.03. The van der Waals surface area contributed by atoms with Gasteiger partial charge in [-0.05, 0) is 6.42 Å². The summed E-state index contributed by atoms with van der Waals surface area (Å²) in [6.45, 7) is 3.90. The molecule has 1 heterocycles. The van der Waals surface area contributed by atoms with Crippen LogP contribution in [0.5, 0.6) is 0 Å². The Kier molecular flexibility index (Phi) is 3.70. The molecule has 0 amide bonds.